The zero-order chi connectivity index (χ0) is 17.5. The first-order valence-corrected chi connectivity index (χ1v) is 9.49. The third-order valence-corrected chi connectivity index (χ3v) is 5.63. The summed E-state index contributed by atoms with van der Waals surface area (Å²) in [5.41, 5.74) is 7.05. The average Bonchev–Trinajstić information content (AvgIpc) is 3.28. The average molecular weight is 345 g/mol. The van der Waals surface area contributed by atoms with Crippen LogP contribution >= 0.6 is 0 Å². The van der Waals surface area contributed by atoms with Crippen molar-refractivity contribution in [3.05, 3.63) is 53.9 Å². The highest BCUT2D eigenvalue weighted by Crippen LogP contribution is 2.34. The molecule has 0 saturated carbocycles. The molecule has 5 rings (SSSR count). The number of aromatic amines is 1. The van der Waals surface area contributed by atoms with Crippen LogP contribution in [0.5, 0.6) is 0 Å². The number of hydrogen-bond acceptors (Lipinski definition) is 3. The van der Waals surface area contributed by atoms with Gasteiger partial charge in [0.25, 0.3) is 0 Å². The minimum absolute atomic E-state index is 0.668. The van der Waals surface area contributed by atoms with Crippen LogP contribution in [-0.2, 0) is 6.42 Å². The number of aromatic nitrogens is 4. The standard InChI is InChI=1S/C21H23N5/c1-2-16-17-12-15(14-7-10-22-11-8-14)5-6-18(17)25-21(16)19-13-23-20-4-3-9-24-26(19)20/h3-6,9,12-14,22,25H,2,7-8,10-11H2,1H3. The quantitative estimate of drug-likeness (QED) is 0.592. The molecule has 5 nitrogen and oxygen atoms in total. The first-order valence-electron chi connectivity index (χ1n) is 9.49. The normalized spacial score (nSPS) is 15.9. The molecule has 5 heteroatoms. The maximum Gasteiger partial charge on any atom is 0.154 e. The third kappa shape index (κ3) is 2.42. The largest absolute Gasteiger partial charge is 0.353 e. The second kappa shape index (κ2) is 6.25. The first-order chi connectivity index (χ1) is 12.8. The molecule has 0 unspecified atom stereocenters. The van der Waals surface area contributed by atoms with E-state index in [0.717, 1.165) is 36.5 Å². The zero-order valence-electron chi connectivity index (χ0n) is 15.0. The Morgan fingerprint density at radius 3 is 2.92 bits per heavy atom. The lowest BCUT2D eigenvalue weighted by atomic mass is 9.89. The van der Waals surface area contributed by atoms with Gasteiger partial charge >= 0.3 is 0 Å². The fraction of sp³-hybridized carbons (Fsp3) is 0.333. The molecule has 0 spiro atoms. The van der Waals surface area contributed by atoms with Gasteiger partial charge in [-0.2, -0.15) is 5.10 Å². The summed E-state index contributed by atoms with van der Waals surface area (Å²) < 4.78 is 1.91. The van der Waals surface area contributed by atoms with E-state index < -0.39 is 0 Å². The van der Waals surface area contributed by atoms with Crippen LogP contribution in [0.3, 0.4) is 0 Å². The van der Waals surface area contributed by atoms with Gasteiger partial charge in [-0.1, -0.05) is 13.0 Å². The second-order valence-corrected chi connectivity index (χ2v) is 7.10. The van der Waals surface area contributed by atoms with E-state index in [4.69, 9.17) is 0 Å². The monoisotopic (exact) mass is 345 g/mol. The van der Waals surface area contributed by atoms with Crippen LogP contribution in [-0.4, -0.2) is 32.7 Å². The Balaban J connectivity index is 1.66. The number of fused-ring (bicyclic) bond motifs is 2. The van der Waals surface area contributed by atoms with Crippen molar-refractivity contribution in [3.63, 3.8) is 0 Å². The number of nitrogens with one attached hydrogen (secondary N) is 2. The van der Waals surface area contributed by atoms with E-state index in [2.05, 4.69) is 45.5 Å². The highest BCUT2D eigenvalue weighted by Gasteiger charge is 2.19. The molecule has 26 heavy (non-hydrogen) atoms. The van der Waals surface area contributed by atoms with Crippen molar-refractivity contribution in [2.75, 3.05) is 13.1 Å². The van der Waals surface area contributed by atoms with Gasteiger partial charge in [-0.25, -0.2) is 9.50 Å². The van der Waals surface area contributed by atoms with Crippen LogP contribution < -0.4 is 5.32 Å². The Kier molecular flexibility index (Phi) is 3.75. The molecule has 0 bridgehead atoms. The number of H-pyrrole nitrogens is 1. The molecule has 2 N–H and O–H groups in total. The molecule has 1 saturated heterocycles. The Bertz CT molecular complexity index is 1070. The highest BCUT2D eigenvalue weighted by atomic mass is 15.3. The topological polar surface area (TPSA) is 58.0 Å². The van der Waals surface area contributed by atoms with E-state index in [1.165, 1.54) is 34.9 Å². The molecule has 1 aromatic carbocycles. The van der Waals surface area contributed by atoms with Gasteiger partial charge in [0.2, 0.25) is 0 Å². The molecule has 1 fully saturated rings. The van der Waals surface area contributed by atoms with Crippen molar-refractivity contribution in [1.82, 2.24) is 24.9 Å². The van der Waals surface area contributed by atoms with Gasteiger partial charge in [0.1, 0.15) is 5.69 Å². The smallest absolute Gasteiger partial charge is 0.154 e. The van der Waals surface area contributed by atoms with Crippen LogP contribution in [0.4, 0.5) is 0 Å². The maximum atomic E-state index is 4.51. The van der Waals surface area contributed by atoms with Crippen molar-refractivity contribution in [3.8, 4) is 11.4 Å². The van der Waals surface area contributed by atoms with Crippen molar-refractivity contribution >= 4 is 16.6 Å². The molecule has 4 aromatic rings. The van der Waals surface area contributed by atoms with Gasteiger partial charge in [-0.15, -0.1) is 0 Å². The number of piperidine rings is 1. The highest BCUT2D eigenvalue weighted by molar-refractivity contribution is 5.91. The third-order valence-electron chi connectivity index (χ3n) is 5.63. The number of hydrogen-bond donors (Lipinski definition) is 2. The van der Waals surface area contributed by atoms with Crippen LogP contribution in [0.15, 0.2) is 42.7 Å². The van der Waals surface area contributed by atoms with Gasteiger partial charge in [-0.3, -0.25) is 0 Å². The Morgan fingerprint density at radius 1 is 1.19 bits per heavy atom. The number of aryl methyl sites for hydroxylation is 1. The Morgan fingerprint density at radius 2 is 2.08 bits per heavy atom. The predicted octanol–water partition coefficient (Wildman–Crippen LogP) is 3.91. The van der Waals surface area contributed by atoms with Crippen LogP contribution in [0.1, 0.15) is 36.8 Å². The molecule has 132 valence electrons. The van der Waals surface area contributed by atoms with Crippen molar-refractivity contribution in [1.29, 1.82) is 0 Å². The predicted molar refractivity (Wildman–Crippen MR) is 105 cm³/mol. The van der Waals surface area contributed by atoms with Crippen molar-refractivity contribution < 1.29 is 0 Å². The molecule has 4 heterocycles. The van der Waals surface area contributed by atoms with Crippen molar-refractivity contribution in [2.24, 2.45) is 0 Å². The maximum absolute atomic E-state index is 4.51. The first kappa shape index (κ1) is 15.6. The van der Waals surface area contributed by atoms with Gasteiger partial charge in [0.15, 0.2) is 5.65 Å². The van der Waals surface area contributed by atoms with E-state index in [-0.39, 0.29) is 0 Å². The summed E-state index contributed by atoms with van der Waals surface area (Å²) in [4.78, 5) is 8.13. The van der Waals surface area contributed by atoms with Gasteiger partial charge in [0, 0.05) is 17.1 Å². The summed E-state index contributed by atoms with van der Waals surface area (Å²) in [6, 6.07) is 10.8. The number of nitrogens with zero attached hydrogens (tertiary/aromatic N) is 3. The van der Waals surface area contributed by atoms with Crippen LogP contribution in [0, 0.1) is 0 Å². The molecule has 3 aromatic heterocycles. The van der Waals surface area contributed by atoms with Crippen LogP contribution in [0.25, 0.3) is 27.9 Å². The SMILES string of the molecule is CCc1c(-c2cnc3cccnn23)[nH]c2ccc(C3CCNCC3)cc12. The summed E-state index contributed by atoms with van der Waals surface area (Å²) in [7, 11) is 0. The minimum Gasteiger partial charge on any atom is -0.353 e. The molecular formula is C21H23N5. The second-order valence-electron chi connectivity index (χ2n) is 7.10. The van der Waals surface area contributed by atoms with E-state index in [1.54, 1.807) is 0 Å². The van der Waals surface area contributed by atoms with Gasteiger partial charge < -0.3 is 10.3 Å². The lowest BCUT2D eigenvalue weighted by molar-refractivity contribution is 0.460. The molecular weight excluding hydrogens is 322 g/mol. The van der Waals surface area contributed by atoms with Crippen LogP contribution in [0.2, 0.25) is 0 Å². The number of rotatable bonds is 3. The lowest BCUT2D eigenvalue weighted by Crippen LogP contribution is -2.26. The molecule has 0 aliphatic carbocycles. The molecule has 0 atom stereocenters. The van der Waals surface area contributed by atoms with E-state index in [9.17, 15) is 0 Å². The number of imidazole rings is 1. The summed E-state index contributed by atoms with van der Waals surface area (Å²) in [6.07, 6.45) is 7.15. The fourth-order valence-electron chi connectivity index (χ4n) is 4.26. The molecule has 0 amide bonds. The van der Waals surface area contributed by atoms with E-state index in [1.807, 2.05) is 29.0 Å². The Hall–Kier alpha value is -2.66. The molecule has 1 aliphatic heterocycles. The zero-order valence-corrected chi connectivity index (χ0v) is 15.0. The summed E-state index contributed by atoms with van der Waals surface area (Å²) in [5, 5.41) is 9.28. The fourth-order valence-corrected chi connectivity index (χ4v) is 4.26. The molecule has 1 aliphatic rings. The van der Waals surface area contributed by atoms with Gasteiger partial charge in [0.05, 0.1) is 11.9 Å². The Labute approximate surface area is 152 Å². The number of benzene rings is 1. The van der Waals surface area contributed by atoms with Crippen molar-refractivity contribution in [2.45, 2.75) is 32.1 Å². The summed E-state index contributed by atoms with van der Waals surface area (Å²) >= 11 is 0. The summed E-state index contributed by atoms with van der Waals surface area (Å²) in [5.74, 6) is 0.668. The summed E-state index contributed by atoms with van der Waals surface area (Å²) in [6.45, 7) is 4.46. The molecule has 0 radical (unpaired) electrons. The minimum atomic E-state index is 0.668. The van der Waals surface area contributed by atoms with E-state index >= 15 is 0 Å². The van der Waals surface area contributed by atoms with Gasteiger partial charge in [-0.05, 0) is 73.7 Å². The lowest BCUT2D eigenvalue weighted by Gasteiger charge is -2.23. The van der Waals surface area contributed by atoms with E-state index in [0.29, 0.717) is 5.92 Å².